The Morgan fingerprint density at radius 1 is 1.29 bits per heavy atom. The number of hydrogen-bond donors (Lipinski definition) is 1. The predicted molar refractivity (Wildman–Crippen MR) is 100 cm³/mol. The van der Waals surface area contributed by atoms with Gasteiger partial charge in [0.05, 0.1) is 11.4 Å². The van der Waals surface area contributed by atoms with Crippen LogP contribution in [0.1, 0.15) is 0 Å². The molecule has 0 atom stereocenters. The molecule has 7 heteroatoms. The van der Waals surface area contributed by atoms with E-state index in [1.807, 2.05) is 0 Å². The summed E-state index contributed by atoms with van der Waals surface area (Å²) in [5, 5.41) is 3.80. The minimum atomic E-state index is -0.392. The molecular weight excluding hydrogens is 346 g/mol. The van der Waals surface area contributed by atoms with Gasteiger partial charge < -0.3 is 5.32 Å². The van der Waals surface area contributed by atoms with Gasteiger partial charge in [-0.05, 0) is 36.0 Å². The van der Waals surface area contributed by atoms with Gasteiger partial charge in [-0.2, -0.15) is 0 Å². The highest BCUT2D eigenvalue weighted by molar-refractivity contribution is 8.18. The van der Waals surface area contributed by atoms with Gasteiger partial charge in [0.1, 0.15) is 0 Å². The second-order valence-corrected chi connectivity index (χ2v) is 6.17. The summed E-state index contributed by atoms with van der Waals surface area (Å²) in [5.41, 5.74) is 0.597. The van der Waals surface area contributed by atoms with Crippen LogP contribution in [0.3, 0.4) is 0 Å². The number of hydrogen-bond acceptors (Lipinski definition) is 4. The lowest BCUT2D eigenvalue weighted by Crippen LogP contribution is -2.29. The van der Waals surface area contributed by atoms with Crippen LogP contribution in [0.15, 0.2) is 65.5 Å². The van der Waals surface area contributed by atoms with Crippen molar-refractivity contribution in [2.75, 3.05) is 18.4 Å². The highest BCUT2D eigenvalue weighted by Gasteiger charge is 2.32. The van der Waals surface area contributed by atoms with Crippen LogP contribution in [-0.4, -0.2) is 35.0 Å². The lowest BCUT2D eigenvalue weighted by Gasteiger charge is -2.12. The lowest BCUT2D eigenvalue weighted by atomic mass is 10.3. The molecule has 1 heterocycles. The second-order valence-electron chi connectivity index (χ2n) is 4.72. The standard InChI is InChI=1S/C17H16ClN3O2S/c1-3-9-19-17-21(10-4-2)16(23)14(24-17)11-15(22)20-13-7-5-12(18)6-8-13/h3-8,11H,1-2,9-10H2,(H,20,22)/b14-11+,19-17?. The van der Waals surface area contributed by atoms with Crippen LogP contribution in [0.25, 0.3) is 0 Å². The fourth-order valence-electron chi connectivity index (χ4n) is 1.89. The molecule has 0 aromatic heterocycles. The average Bonchev–Trinajstić information content (AvgIpc) is 2.84. The van der Waals surface area contributed by atoms with Crippen LogP contribution < -0.4 is 5.32 Å². The molecule has 24 heavy (non-hydrogen) atoms. The maximum Gasteiger partial charge on any atom is 0.267 e. The second kappa shape index (κ2) is 8.52. The van der Waals surface area contributed by atoms with E-state index in [2.05, 4.69) is 23.5 Å². The number of nitrogens with one attached hydrogen (secondary N) is 1. The number of anilines is 1. The van der Waals surface area contributed by atoms with Crippen molar-refractivity contribution in [3.05, 3.63) is 65.6 Å². The fourth-order valence-corrected chi connectivity index (χ4v) is 2.98. The van der Waals surface area contributed by atoms with Gasteiger partial charge in [0.15, 0.2) is 5.17 Å². The van der Waals surface area contributed by atoms with Gasteiger partial charge >= 0.3 is 0 Å². The van der Waals surface area contributed by atoms with Gasteiger partial charge in [-0.3, -0.25) is 19.5 Å². The SMILES string of the molecule is C=CCN=C1S/C(=C/C(=O)Nc2ccc(Cl)cc2)C(=O)N1CC=C. The van der Waals surface area contributed by atoms with Crippen molar-refractivity contribution in [2.45, 2.75) is 0 Å². The Morgan fingerprint density at radius 3 is 2.62 bits per heavy atom. The van der Waals surface area contributed by atoms with Crippen molar-refractivity contribution in [3.63, 3.8) is 0 Å². The third-order valence-electron chi connectivity index (χ3n) is 2.93. The van der Waals surface area contributed by atoms with Crippen LogP contribution in [0.5, 0.6) is 0 Å². The molecule has 0 saturated carbocycles. The Hall–Kier alpha value is -2.31. The van der Waals surface area contributed by atoms with Crippen LogP contribution in [0.2, 0.25) is 5.02 Å². The Kier molecular flexibility index (Phi) is 6.40. The maximum atomic E-state index is 12.4. The summed E-state index contributed by atoms with van der Waals surface area (Å²) in [5.74, 6) is -0.661. The molecule has 0 aliphatic carbocycles. The number of thioether (sulfide) groups is 1. The Morgan fingerprint density at radius 2 is 2.00 bits per heavy atom. The van der Waals surface area contributed by atoms with Crippen molar-refractivity contribution in [1.82, 2.24) is 4.90 Å². The highest BCUT2D eigenvalue weighted by Crippen LogP contribution is 2.30. The maximum absolute atomic E-state index is 12.4. The molecule has 1 N–H and O–H groups in total. The van der Waals surface area contributed by atoms with E-state index in [0.29, 0.717) is 33.9 Å². The molecule has 1 saturated heterocycles. The first-order valence-corrected chi connectivity index (χ1v) is 8.28. The number of aliphatic imine (C=N–C) groups is 1. The Balaban J connectivity index is 2.14. The minimum absolute atomic E-state index is 0.269. The van der Waals surface area contributed by atoms with Crippen LogP contribution in [-0.2, 0) is 9.59 Å². The van der Waals surface area contributed by atoms with E-state index in [1.165, 1.54) is 11.0 Å². The van der Waals surface area contributed by atoms with E-state index in [4.69, 9.17) is 11.6 Å². The van der Waals surface area contributed by atoms with E-state index >= 15 is 0 Å². The molecule has 1 aromatic carbocycles. The smallest absolute Gasteiger partial charge is 0.267 e. The van der Waals surface area contributed by atoms with E-state index in [0.717, 1.165) is 11.8 Å². The monoisotopic (exact) mass is 361 g/mol. The molecule has 1 fully saturated rings. The first kappa shape index (κ1) is 18.0. The molecule has 0 radical (unpaired) electrons. The third-order valence-corrected chi connectivity index (χ3v) is 4.23. The number of rotatable bonds is 6. The summed E-state index contributed by atoms with van der Waals surface area (Å²) < 4.78 is 0. The molecule has 0 bridgehead atoms. The van der Waals surface area contributed by atoms with Crippen molar-refractivity contribution in [1.29, 1.82) is 0 Å². The number of benzene rings is 1. The number of halogens is 1. The molecule has 0 unspecified atom stereocenters. The number of nitrogens with zero attached hydrogens (tertiary/aromatic N) is 2. The van der Waals surface area contributed by atoms with E-state index in [9.17, 15) is 9.59 Å². The van der Waals surface area contributed by atoms with E-state index < -0.39 is 5.91 Å². The summed E-state index contributed by atoms with van der Waals surface area (Å²) >= 11 is 6.96. The summed E-state index contributed by atoms with van der Waals surface area (Å²) in [6.07, 6.45) is 4.52. The van der Waals surface area contributed by atoms with Crippen molar-refractivity contribution >= 4 is 46.0 Å². The zero-order valence-corrected chi connectivity index (χ0v) is 14.4. The van der Waals surface area contributed by atoms with Crippen LogP contribution in [0, 0.1) is 0 Å². The van der Waals surface area contributed by atoms with Gasteiger partial charge in [-0.25, -0.2) is 0 Å². The summed E-state index contributed by atoms with van der Waals surface area (Å²) in [4.78, 5) is 30.6. The highest BCUT2D eigenvalue weighted by atomic mass is 35.5. The molecular formula is C17H16ClN3O2S. The molecule has 2 amide bonds. The largest absolute Gasteiger partial charge is 0.322 e. The molecule has 5 nitrogen and oxygen atoms in total. The van der Waals surface area contributed by atoms with Gasteiger partial charge in [0, 0.05) is 23.3 Å². The topological polar surface area (TPSA) is 61.8 Å². The van der Waals surface area contributed by atoms with E-state index in [1.54, 1.807) is 36.4 Å². The summed E-state index contributed by atoms with van der Waals surface area (Å²) in [6.45, 7) is 7.97. The minimum Gasteiger partial charge on any atom is -0.322 e. The van der Waals surface area contributed by atoms with Gasteiger partial charge in [-0.1, -0.05) is 23.8 Å². The Bertz CT molecular complexity index is 726. The number of amides is 2. The quantitative estimate of drug-likeness (QED) is 0.623. The first-order valence-electron chi connectivity index (χ1n) is 7.09. The predicted octanol–water partition coefficient (Wildman–Crippen LogP) is 3.47. The van der Waals surface area contributed by atoms with Crippen molar-refractivity contribution in [2.24, 2.45) is 4.99 Å². The normalized spacial score (nSPS) is 17.4. The van der Waals surface area contributed by atoms with Crippen LogP contribution in [0.4, 0.5) is 5.69 Å². The molecule has 1 aliphatic rings. The van der Waals surface area contributed by atoms with Crippen molar-refractivity contribution in [3.8, 4) is 0 Å². The Labute approximate surface area is 149 Å². The zero-order chi connectivity index (χ0) is 17.5. The zero-order valence-electron chi connectivity index (χ0n) is 12.9. The summed E-state index contributed by atoms with van der Waals surface area (Å²) in [6, 6.07) is 6.71. The molecule has 2 rings (SSSR count). The van der Waals surface area contributed by atoms with Crippen molar-refractivity contribution < 1.29 is 9.59 Å². The molecule has 1 aromatic rings. The number of carbonyl (C=O) groups excluding carboxylic acids is 2. The molecule has 124 valence electrons. The third kappa shape index (κ3) is 4.59. The number of amidine groups is 1. The van der Waals surface area contributed by atoms with Gasteiger partial charge in [0.25, 0.3) is 5.91 Å². The fraction of sp³-hybridized carbons (Fsp3) is 0.118. The van der Waals surface area contributed by atoms with Crippen LogP contribution >= 0.6 is 23.4 Å². The molecule has 1 aliphatic heterocycles. The van der Waals surface area contributed by atoms with Gasteiger partial charge in [0.2, 0.25) is 5.91 Å². The number of carbonyl (C=O) groups is 2. The first-order chi connectivity index (χ1) is 11.5. The average molecular weight is 362 g/mol. The molecule has 0 spiro atoms. The van der Waals surface area contributed by atoms with Gasteiger partial charge in [-0.15, -0.1) is 13.2 Å². The van der Waals surface area contributed by atoms with E-state index in [-0.39, 0.29) is 5.91 Å². The lowest BCUT2D eigenvalue weighted by molar-refractivity contribution is -0.122. The summed E-state index contributed by atoms with van der Waals surface area (Å²) in [7, 11) is 0.